The zero-order chi connectivity index (χ0) is 15.5. The van der Waals surface area contributed by atoms with Crippen molar-refractivity contribution < 1.29 is 9.59 Å². The first-order chi connectivity index (χ1) is 10.6. The van der Waals surface area contributed by atoms with Gasteiger partial charge in [-0.2, -0.15) is 11.3 Å². The summed E-state index contributed by atoms with van der Waals surface area (Å²) < 4.78 is 1.01. The van der Waals surface area contributed by atoms with Crippen LogP contribution in [0.25, 0.3) is 10.2 Å². The zero-order valence-corrected chi connectivity index (χ0v) is 13.4. The Morgan fingerprint density at radius 3 is 2.82 bits per heavy atom. The molecule has 2 amide bonds. The summed E-state index contributed by atoms with van der Waals surface area (Å²) in [6.45, 7) is -0.00932. The van der Waals surface area contributed by atoms with Crippen LogP contribution in [-0.2, 0) is 4.79 Å². The number of hydrogen-bond acceptors (Lipinski definition) is 5. The van der Waals surface area contributed by atoms with Crippen molar-refractivity contribution in [3.8, 4) is 0 Å². The second-order valence-electron chi connectivity index (χ2n) is 4.71. The van der Waals surface area contributed by atoms with Gasteiger partial charge in [-0.15, -0.1) is 0 Å². The van der Waals surface area contributed by atoms with Crippen molar-refractivity contribution in [3.63, 3.8) is 0 Å². The number of carbonyl (C=O) groups is 2. The lowest BCUT2D eigenvalue weighted by Gasteiger charge is -2.15. The summed E-state index contributed by atoms with van der Waals surface area (Å²) in [4.78, 5) is 29.8. The number of thiazole rings is 1. The monoisotopic (exact) mass is 331 g/mol. The highest BCUT2D eigenvalue weighted by Crippen LogP contribution is 2.25. The number of rotatable bonds is 4. The summed E-state index contributed by atoms with van der Waals surface area (Å²) in [7, 11) is 1.61. The lowest BCUT2D eigenvalue weighted by atomic mass is 10.3. The lowest BCUT2D eigenvalue weighted by molar-refractivity contribution is -0.116. The van der Waals surface area contributed by atoms with Crippen molar-refractivity contribution in [2.45, 2.75) is 0 Å². The van der Waals surface area contributed by atoms with Crippen LogP contribution in [-0.4, -0.2) is 35.3 Å². The van der Waals surface area contributed by atoms with Crippen LogP contribution in [0.5, 0.6) is 0 Å². The molecular weight excluding hydrogens is 318 g/mol. The van der Waals surface area contributed by atoms with Crippen LogP contribution >= 0.6 is 22.7 Å². The number of amides is 2. The number of hydrogen-bond donors (Lipinski definition) is 1. The Morgan fingerprint density at radius 1 is 1.27 bits per heavy atom. The molecule has 3 aromatic rings. The Hall–Kier alpha value is -2.25. The van der Waals surface area contributed by atoms with E-state index in [1.165, 1.54) is 27.6 Å². The molecule has 0 spiro atoms. The molecular formula is C15H13N3O2S2. The minimum atomic E-state index is -0.259. The van der Waals surface area contributed by atoms with Crippen molar-refractivity contribution >= 4 is 49.8 Å². The number of fused-ring (bicyclic) bond motifs is 1. The highest BCUT2D eigenvalue weighted by atomic mass is 32.1. The van der Waals surface area contributed by atoms with Crippen LogP contribution in [0.2, 0.25) is 0 Å². The molecule has 0 unspecified atom stereocenters. The third kappa shape index (κ3) is 3.15. The van der Waals surface area contributed by atoms with Crippen molar-refractivity contribution in [2.75, 3.05) is 18.9 Å². The number of benzene rings is 1. The van der Waals surface area contributed by atoms with Gasteiger partial charge in [0.2, 0.25) is 5.91 Å². The second-order valence-corrected chi connectivity index (χ2v) is 6.52. The van der Waals surface area contributed by atoms with E-state index in [2.05, 4.69) is 10.3 Å². The fourth-order valence-electron chi connectivity index (χ4n) is 1.98. The minimum Gasteiger partial charge on any atom is -0.332 e. The Bertz CT molecular complexity index is 778. The highest BCUT2D eigenvalue weighted by Gasteiger charge is 2.16. The molecule has 1 aromatic carbocycles. The third-order valence-electron chi connectivity index (χ3n) is 3.04. The number of carbonyl (C=O) groups excluding carboxylic acids is 2. The summed E-state index contributed by atoms with van der Waals surface area (Å²) in [5.41, 5.74) is 1.45. The molecule has 1 N–H and O–H groups in total. The summed E-state index contributed by atoms with van der Waals surface area (Å²) in [6, 6.07) is 9.43. The van der Waals surface area contributed by atoms with Gasteiger partial charge in [-0.3, -0.25) is 9.59 Å². The number of nitrogens with one attached hydrogen (secondary N) is 1. The smallest absolute Gasteiger partial charge is 0.254 e. The Labute approximate surface area is 135 Å². The van der Waals surface area contributed by atoms with E-state index in [-0.39, 0.29) is 18.4 Å². The van der Waals surface area contributed by atoms with Crippen molar-refractivity contribution in [2.24, 2.45) is 0 Å². The van der Waals surface area contributed by atoms with Gasteiger partial charge in [-0.05, 0) is 23.6 Å². The molecule has 0 radical (unpaired) electrons. The molecule has 3 rings (SSSR count). The van der Waals surface area contributed by atoms with E-state index in [1.807, 2.05) is 29.6 Å². The van der Waals surface area contributed by atoms with Crippen molar-refractivity contribution in [3.05, 3.63) is 46.7 Å². The SMILES string of the molecule is CN(CC(=O)Nc1nc2ccccc2s1)C(=O)c1ccsc1. The maximum absolute atomic E-state index is 12.1. The fraction of sp³-hybridized carbons (Fsp3) is 0.133. The molecule has 0 saturated heterocycles. The highest BCUT2D eigenvalue weighted by molar-refractivity contribution is 7.22. The predicted octanol–water partition coefficient (Wildman–Crippen LogP) is 3.07. The Morgan fingerprint density at radius 2 is 2.09 bits per heavy atom. The molecule has 0 saturated carbocycles. The van der Waals surface area contributed by atoms with Crippen LogP contribution in [0, 0.1) is 0 Å². The van der Waals surface area contributed by atoms with Crippen LogP contribution in [0.4, 0.5) is 5.13 Å². The topological polar surface area (TPSA) is 62.3 Å². The minimum absolute atomic E-state index is 0.00932. The summed E-state index contributed by atoms with van der Waals surface area (Å²) in [6.07, 6.45) is 0. The molecule has 0 aliphatic rings. The van der Waals surface area contributed by atoms with E-state index in [0.717, 1.165) is 10.2 Å². The van der Waals surface area contributed by atoms with E-state index in [9.17, 15) is 9.59 Å². The Balaban J connectivity index is 1.63. The third-order valence-corrected chi connectivity index (χ3v) is 4.67. The average Bonchev–Trinajstić information content (AvgIpc) is 3.14. The molecule has 112 valence electrons. The number of aromatic nitrogens is 1. The lowest BCUT2D eigenvalue weighted by Crippen LogP contribution is -2.34. The summed E-state index contributed by atoms with van der Waals surface area (Å²) in [5.74, 6) is -0.425. The summed E-state index contributed by atoms with van der Waals surface area (Å²) in [5, 5.41) is 6.89. The van der Waals surface area contributed by atoms with Crippen LogP contribution < -0.4 is 5.32 Å². The number of likely N-dealkylation sites (N-methyl/N-ethyl adjacent to an activating group) is 1. The molecule has 0 atom stereocenters. The van der Waals surface area contributed by atoms with E-state index < -0.39 is 0 Å². The van der Waals surface area contributed by atoms with E-state index in [1.54, 1.807) is 18.5 Å². The van der Waals surface area contributed by atoms with Crippen LogP contribution in [0.3, 0.4) is 0 Å². The first kappa shape index (κ1) is 14.7. The predicted molar refractivity (Wildman–Crippen MR) is 89.5 cm³/mol. The maximum Gasteiger partial charge on any atom is 0.254 e. The number of anilines is 1. The molecule has 0 aliphatic carbocycles. The van der Waals surface area contributed by atoms with Crippen LogP contribution in [0.15, 0.2) is 41.1 Å². The van der Waals surface area contributed by atoms with Crippen molar-refractivity contribution in [1.82, 2.24) is 9.88 Å². The molecule has 2 aromatic heterocycles. The molecule has 22 heavy (non-hydrogen) atoms. The van der Waals surface area contributed by atoms with E-state index >= 15 is 0 Å². The molecule has 0 aliphatic heterocycles. The Kier molecular flexibility index (Phi) is 4.17. The largest absolute Gasteiger partial charge is 0.332 e. The van der Waals surface area contributed by atoms with Gasteiger partial charge in [0.15, 0.2) is 5.13 Å². The normalized spacial score (nSPS) is 10.6. The van der Waals surface area contributed by atoms with Crippen LogP contribution in [0.1, 0.15) is 10.4 Å². The molecule has 7 heteroatoms. The van der Waals surface area contributed by atoms with Crippen molar-refractivity contribution in [1.29, 1.82) is 0 Å². The zero-order valence-electron chi connectivity index (χ0n) is 11.8. The average molecular weight is 331 g/mol. The van der Waals surface area contributed by atoms with Gasteiger partial charge in [-0.25, -0.2) is 4.98 Å². The van der Waals surface area contributed by atoms with Gasteiger partial charge in [0.1, 0.15) is 0 Å². The molecule has 0 bridgehead atoms. The standard InChI is InChI=1S/C15H13N3O2S2/c1-18(14(20)10-6-7-21-9-10)8-13(19)17-15-16-11-4-2-3-5-12(11)22-15/h2-7,9H,8H2,1H3,(H,16,17,19). The first-order valence-electron chi connectivity index (χ1n) is 6.56. The van der Waals surface area contributed by atoms with Gasteiger partial charge in [0.25, 0.3) is 5.91 Å². The first-order valence-corrected chi connectivity index (χ1v) is 8.32. The molecule has 2 heterocycles. The van der Waals surface area contributed by atoms with E-state index in [4.69, 9.17) is 0 Å². The second kappa shape index (κ2) is 6.25. The number of para-hydroxylation sites is 1. The van der Waals surface area contributed by atoms with Gasteiger partial charge in [0, 0.05) is 12.4 Å². The quantitative estimate of drug-likeness (QED) is 0.799. The van der Waals surface area contributed by atoms with Gasteiger partial charge in [0.05, 0.1) is 22.3 Å². The maximum atomic E-state index is 12.1. The fourth-order valence-corrected chi connectivity index (χ4v) is 3.49. The van der Waals surface area contributed by atoms with Gasteiger partial charge >= 0.3 is 0 Å². The summed E-state index contributed by atoms with van der Waals surface area (Å²) >= 11 is 2.87. The number of thiophene rings is 1. The van der Waals surface area contributed by atoms with Gasteiger partial charge < -0.3 is 10.2 Å². The molecule has 5 nitrogen and oxygen atoms in total. The van der Waals surface area contributed by atoms with Gasteiger partial charge in [-0.1, -0.05) is 23.5 Å². The molecule has 0 fully saturated rings. The number of nitrogens with zero attached hydrogens (tertiary/aromatic N) is 2. The van der Waals surface area contributed by atoms with E-state index in [0.29, 0.717) is 10.7 Å².